The summed E-state index contributed by atoms with van der Waals surface area (Å²) in [7, 11) is 0. The zero-order valence-corrected chi connectivity index (χ0v) is 14.1. The molecule has 2 atom stereocenters. The van der Waals surface area contributed by atoms with Crippen molar-refractivity contribution >= 4 is 17.6 Å². The first-order valence-electron chi connectivity index (χ1n) is 8.25. The standard InChI is InChI=1S/C16H19ClN6O/c1-9(15-20-21-22-23(15)10-5-6-10)18-16(24)19-14-8-7-11-12(14)3-2-4-13(11)17/h2-4,9-10,14H,5-8H2,1H3,(H2,18,19,24)/t9-,14-/m1/s1. The van der Waals surface area contributed by atoms with Crippen LogP contribution in [-0.4, -0.2) is 26.2 Å². The van der Waals surface area contributed by atoms with Crippen molar-refractivity contribution in [3.63, 3.8) is 0 Å². The summed E-state index contributed by atoms with van der Waals surface area (Å²) in [5.41, 5.74) is 2.24. The first kappa shape index (κ1) is 15.4. The van der Waals surface area contributed by atoms with Gasteiger partial charge in [0.25, 0.3) is 0 Å². The van der Waals surface area contributed by atoms with Gasteiger partial charge in [0.2, 0.25) is 0 Å². The summed E-state index contributed by atoms with van der Waals surface area (Å²) in [6.07, 6.45) is 3.93. The minimum atomic E-state index is -0.249. The predicted molar refractivity (Wildman–Crippen MR) is 88.7 cm³/mol. The van der Waals surface area contributed by atoms with E-state index >= 15 is 0 Å². The molecule has 1 heterocycles. The number of carbonyl (C=O) groups excluding carboxylic acids is 1. The van der Waals surface area contributed by atoms with E-state index in [1.54, 1.807) is 0 Å². The molecule has 2 aliphatic carbocycles. The lowest BCUT2D eigenvalue weighted by atomic mass is 10.1. The van der Waals surface area contributed by atoms with Crippen molar-refractivity contribution in [2.75, 3.05) is 0 Å². The summed E-state index contributed by atoms with van der Waals surface area (Å²) in [4.78, 5) is 12.4. The third kappa shape index (κ3) is 2.84. The number of hydrogen-bond donors (Lipinski definition) is 2. The Morgan fingerprint density at radius 3 is 3.00 bits per heavy atom. The molecule has 0 spiro atoms. The van der Waals surface area contributed by atoms with Gasteiger partial charge in [-0.2, -0.15) is 0 Å². The number of tetrazole rings is 1. The van der Waals surface area contributed by atoms with E-state index in [1.165, 1.54) is 0 Å². The summed E-state index contributed by atoms with van der Waals surface area (Å²) < 4.78 is 1.82. The quantitative estimate of drug-likeness (QED) is 0.891. The number of aromatic nitrogens is 4. The summed E-state index contributed by atoms with van der Waals surface area (Å²) in [5.74, 6) is 0.697. The maximum atomic E-state index is 12.4. The Morgan fingerprint density at radius 1 is 1.38 bits per heavy atom. The molecule has 1 aromatic carbocycles. The largest absolute Gasteiger partial charge is 0.331 e. The lowest BCUT2D eigenvalue weighted by Crippen LogP contribution is -2.39. The minimum absolute atomic E-state index is 0.00896. The molecule has 1 saturated carbocycles. The molecule has 24 heavy (non-hydrogen) atoms. The zero-order chi connectivity index (χ0) is 16.7. The molecule has 2 N–H and O–H groups in total. The second-order valence-electron chi connectivity index (χ2n) is 6.45. The fraction of sp³-hybridized carbons (Fsp3) is 0.500. The molecule has 2 aromatic rings. The number of nitrogens with one attached hydrogen (secondary N) is 2. The number of fused-ring (bicyclic) bond motifs is 1. The highest BCUT2D eigenvalue weighted by atomic mass is 35.5. The summed E-state index contributed by atoms with van der Waals surface area (Å²) in [6.45, 7) is 1.89. The van der Waals surface area contributed by atoms with Crippen molar-refractivity contribution in [1.82, 2.24) is 30.8 Å². The number of nitrogens with zero attached hydrogens (tertiary/aromatic N) is 4. The van der Waals surface area contributed by atoms with Crippen LogP contribution in [0.4, 0.5) is 4.79 Å². The molecule has 1 fully saturated rings. The second kappa shape index (κ2) is 6.05. The van der Waals surface area contributed by atoms with E-state index in [4.69, 9.17) is 11.6 Å². The third-order valence-electron chi connectivity index (χ3n) is 4.66. The minimum Gasteiger partial charge on any atom is -0.331 e. The molecular formula is C16H19ClN6O. The number of hydrogen-bond acceptors (Lipinski definition) is 4. The fourth-order valence-corrected chi connectivity index (χ4v) is 3.56. The first-order valence-corrected chi connectivity index (χ1v) is 8.63. The summed E-state index contributed by atoms with van der Waals surface area (Å²) in [5, 5.41) is 18.5. The van der Waals surface area contributed by atoms with Gasteiger partial charge in [0.15, 0.2) is 5.82 Å². The molecule has 0 unspecified atom stereocenters. The molecule has 0 aliphatic heterocycles. The Kier molecular flexibility index (Phi) is 3.88. The van der Waals surface area contributed by atoms with E-state index in [1.807, 2.05) is 29.8 Å². The number of carbonyl (C=O) groups is 1. The number of urea groups is 1. The van der Waals surface area contributed by atoms with Crippen LogP contribution in [0, 0.1) is 0 Å². The lowest BCUT2D eigenvalue weighted by molar-refractivity contribution is 0.233. The van der Waals surface area contributed by atoms with Gasteiger partial charge in [0, 0.05) is 5.02 Å². The Balaban J connectivity index is 1.41. The zero-order valence-electron chi connectivity index (χ0n) is 13.4. The molecule has 0 bridgehead atoms. The lowest BCUT2D eigenvalue weighted by Gasteiger charge is -2.18. The van der Waals surface area contributed by atoms with Crippen molar-refractivity contribution < 1.29 is 4.79 Å². The molecule has 2 amide bonds. The van der Waals surface area contributed by atoms with Gasteiger partial charge in [-0.1, -0.05) is 23.7 Å². The van der Waals surface area contributed by atoms with Crippen LogP contribution in [0.25, 0.3) is 0 Å². The highest BCUT2D eigenvalue weighted by Crippen LogP contribution is 2.36. The van der Waals surface area contributed by atoms with Gasteiger partial charge in [-0.05, 0) is 60.2 Å². The van der Waals surface area contributed by atoms with Crippen LogP contribution in [-0.2, 0) is 6.42 Å². The molecule has 7 nitrogen and oxygen atoms in total. The SMILES string of the molecule is C[C@@H](NC(=O)N[C@@H]1CCc2c(Cl)cccc21)c1nnnn1C1CC1. The smallest absolute Gasteiger partial charge is 0.315 e. The second-order valence-corrected chi connectivity index (χ2v) is 6.86. The van der Waals surface area contributed by atoms with Crippen LogP contribution in [0.3, 0.4) is 0 Å². The van der Waals surface area contributed by atoms with E-state index in [0.29, 0.717) is 11.9 Å². The Bertz CT molecular complexity index is 772. The third-order valence-corrected chi connectivity index (χ3v) is 5.02. The normalized spacial score (nSPS) is 20.5. The Hall–Kier alpha value is -2.15. The van der Waals surface area contributed by atoms with Gasteiger partial charge in [-0.25, -0.2) is 9.48 Å². The molecule has 1 aromatic heterocycles. The number of halogens is 1. The average molecular weight is 347 g/mol. The highest BCUT2D eigenvalue weighted by molar-refractivity contribution is 6.31. The van der Waals surface area contributed by atoms with Crippen LogP contribution in [0.5, 0.6) is 0 Å². The van der Waals surface area contributed by atoms with Gasteiger partial charge in [-0.15, -0.1) is 5.10 Å². The molecular weight excluding hydrogens is 328 g/mol. The maximum Gasteiger partial charge on any atom is 0.315 e. The summed E-state index contributed by atoms with van der Waals surface area (Å²) in [6, 6.07) is 5.74. The predicted octanol–water partition coefficient (Wildman–Crippen LogP) is 2.71. The van der Waals surface area contributed by atoms with Crippen molar-refractivity contribution in [2.24, 2.45) is 0 Å². The Morgan fingerprint density at radius 2 is 2.21 bits per heavy atom. The maximum absolute atomic E-state index is 12.4. The van der Waals surface area contributed by atoms with E-state index < -0.39 is 0 Å². The van der Waals surface area contributed by atoms with Crippen molar-refractivity contribution in [3.05, 3.63) is 40.2 Å². The Labute approximate surface area is 144 Å². The number of amides is 2. The molecule has 0 saturated heterocycles. The van der Waals surface area contributed by atoms with Crippen molar-refractivity contribution in [3.8, 4) is 0 Å². The van der Waals surface area contributed by atoms with Gasteiger partial charge in [0.1, 0.15) is 0 Å². The number of benzene rings is 1. The fourth-order valence-electron chi connectivity index (χ4n) is 3.29. The molecule has 8 heteroatoms. The van der Waals surface area contributed by atoms with E-state index in [2.05, 4.69) is 26.2 Å². The van der Waals surface area contributed by atoms with E-state index in [-0.39, 0.29) is 18.1 Å². The van der Waals surface area contributed by atoms with E-state index in [0.717, 1.165) is 41.8 Å². The highest BCUT2D eigenvalue weighted by Gasteiger charge is 2.30. The van der Waals surface area contributed by atoms with Gasteiger partial charge >= 0.3 is 6.03 Å². The van der Waals surface area contributed by atoms with Crippen LogP contribution in [0.15, 0.2) is 18.2 Å². The molecule has 2 aliphatic rings. The topological polar surface area (TPSA) is 84.7 Å². The average Bonchev–Trinajstić information content (AvgIpc) is 3.13. The monoisotopic (exact) mass is 346 g/mol. The van der Waals surface area contributed by atoms with E-state index in [9.17, 15) is 4.79 Å². The van der Waals surface area contributed by atoms with Crippen molar-refractivity contribution in [2.45, 2.75) is 50.7 Å². The van der Waals surface area contributed by atoms with Crippen LogP contribution < -0.4 is 10.6 Å². The van der Waals surface area contributed by atoms with Crippen LogP contribution >= 0.6 is 11.6 Å². The van der Waals surface area contributed by atoms with Crippen LogP contribution in [0.2, 0.25) is 5.02 Å². The van der Waals surface area contributed by atoms with Gasteiger partial charge in [-0.3, -0.25) is 0 Å². The number of rotatable bonds is 4. The molecule has 0 radical (unpaired) electrons. The summed E-state index contributed by atoms with van der Waals surface area (Å²) >= 11 is 6.22. The van der Waals surface area contributed by atoms with Gasteiger partial charge < -0.3 is 10.6 Å². The van der Waals surface area contributed by atoms with Crippen LogP contribution in [0.1, 0.15) is 61.3 Å². The molecule has 4 rings (SSSR count). The molecule has 126 valence electrons. The van der Waals surface area contributed by atoms with Gasteiger partial charge in [0.05, 0.1) is 18.1 Å². The first-order chi connectivity index (χ1) is 11.6. The van der Waals surface area contributed by atoms with Crippen molar-refractivity contribution in [1.29, 1.82) is 0 Å².